The largest absolute Gasteiger partial charge is 0.349 e. The summed E-state index contributed by atoms with van der Waals surface area (Å²) in [5.41, 5.74) is 0. The summed E-state index contributed by atoms with van der Waals surface area (Å²) in [5, 5.41) is 0.427. The van der Waals surface area contributed by atoms with Gasteiger partial charge in [-0.2, -0.15) is 0 Å². The summed E-state index contributed by atoms with van der Waals surface area (Å²) < 4.78 is 11.1. The third kappa shape index (κ3) is 1.17. The maximum atomic E-state index is 11.7. The van der Waals surface area contributed by atoms with Crippen LogP contribution in [-0.2, 0) is 14.3 Å². The molecule has 0 N–H and O–H groups in total. The summed E-state index contributed by atoms with van der Waals surface area (Å²) in [6.07, 6.45) is 0. The Hall–Kier alpha value is 0.290. The summed E-state index contributed by atoms with van der Waals surface area (Å²) in [5.74, 6) is -1.67. The van der Waals surface area contributed by atoms with Crippen molar-refractivity contribution in [3.63, 3.8) is 0 Å². The van der Waals surface area contributed by atoms with E-state index < -0.39 is 21.6 Å². The highest BCUT2D eigenvalue weighted by Gasteiger charge is 2.88. The predicted octanol–water partition coefficient (Wildman–Crippen LogP) is 2.49. The van der Waals surface area contributed by atoms with Gasteiger partial charge in [-0.05, 0) is 0 Å². The van der Waals surface area contributed by atoms with E-state index in [0.717, 1.165) is 0 Å². The van der Waals surface area contributed by atoms with Gasteiger partial charge in [0.1, 0.15) is 4.87 Å². The Kier molecular flexibility index (Phi) is 3.18. The van der Waals surface area contributed by atoms with E-state index in [1.54, 1.807) is 4.90 Å². The summed E-state index contributed by atoms with van der Waals surface area (Å²) in [7, 11) is 2.89. The van der Waals surface area contributed by atoms with Crippen LogP contribution >= 0.6 is 46.4 Å². The van der Waals surface area contributed by atoms with Crippen molar-refractivity contribution in [2.75, 3.05) is 20.8 Å². The zero-order valence-corrected chi connectivity index (χ0v) is 14.1. The fourth-order valence-corrected chi connectivity index (χ4v) is 6.14. The number of nitrogens with zero attached hydrogens (tertiary/aromatic N) is 1. The van der Waals surface area contributed by atoms with E-state index in [0.29, 0.717) is 6.54 Å². The molecule has 0 unspecified atom stereocenters. The highest BCUT2D eigenvalue weighted by Crippen LogP contribution is 2.74. The number of ether oxygens (including phenoxy) is 2. The first-order valence-corrected chi connectivity index (χ1v) is 7.56. The average molecular weight is 361 g/mol. The topological polar surface area (TPSA) is 38.8 Å². The maximum absolute atomic E-state index is 11.7. The number of halogens is 4. The van der Waals surface area contributed by atoms with Gasteiger partial charge in [0.2, 0.25) is 11.7 Å². The number of methoxy groups -OCH3 is 2. The predicted molar refractivity (Wildman–Crippen MR) is 77.3 cm³/mol. The van der Waals surface area contributed by atoms with E-state index in [1.807, 2.05) is 0 Å². The third-order valence-electron chi connectivity index (χ3n) is 4.80. The first-order valence-electron chi connectivity index (χ1n) is 6.05. The summed E-state index contributed by atoms with van der Waals surface area (Å²) in [6.45, 7) is 1.93. The molecule has 3 rings (SSSR count). The highest BCUT2D eigenvalue weighted by molar-refractivity contribution is 6.52. The van der Waals surface area contributed by atoms with Crippen molar-refractivity contribution in [1.29, 1.82) is 0 Å². The van der Waals surface area contributed by atoms with Crippen molar-refractivity contribution in [3.8, 4) is 0 Å². The molecule has 2 aliphatic carbocycles. The molecule has 4 atom stereocenters. The summed E-state index contributed by atoms with van der Waals surface area (Å²) in [4.78, 5) is 10.9. The minimum absolute atomic E-state index is 0.0965. The zero-order chi connectivity index (χ0) is 15.1. The van der Waals surface area contributed by atoms with Gasteiger partial charge in [0, 0.05) is 33.6 Å². The molecule has 0 aromatic rings. The molecule has 3 aliphatic rings. The van der Waals surface area contributed by atoms with Crippen molar-refractivity contribution in [2.45, 2.75) is 28.5 Å². The number of alkyl halides is 2. The standard InChI is InChI=1S/C12H13Cl4NO3/c1-5(18)17-4-6-9(17)11(16)8(14)7(13)10(6,15)12(11,19-2)20-3/h6,9H,4H2,1-3H3/t6-,9+,10-,11-/m1/s1. The maximum Gasteiger partial charge on any atom is 0.219 e. The van der Waals surface area contributed by atoms with Gasteiger partial charge in [0.05, 0.1) is 16.1 Å². The Balaban J connectivity index is 2.23. The van der Waals surface area contributed by atoms with Crippen LogP contribution in [0.15, 0.2) is 10.1 Å². The SMILES string of the molecule is COC1(OC)[C@@]2(Cl)C(Cl)=C(Cl)[C@]1(Cl)[C@@H]1CN(C(C)=O)[C@@H]12. The van der Waals surface area contributed by atoms with Crippen LogP contribution < -0.4 is 0 Å². The molecule has 1 aliphatic heterocycles. The lowest BCUT2D eigenvalue weighted by Gasteiger charge is -2.52. The van der Waals surface area contributed by atoms with Crippen molar-refractivity contribution in [2.24, 2.45) is 5.92 Å². The first-order chi connectivity index (χ1) is 9.24. The van der Waals surface area contributed by atoms with Crippen molar-refractivity contribution in [1.82, 2.24) is 4.90 Å². The van der Waals surface area contributed by atoms with Gasteiger partial charge in [-0.25, -0.2) is 0 Å². The Bertz CT molecular complexity index is 535. The molecule has 2 bridgehead atoms. The van der Waals surface area contributed by atoms with Gasteiger partial charge in [0.25, 0.3) is 0 Å². The Morgan fingerprint density at radius 2 is 1.70 bits per heavy atom. The summed E-state index contributed by atoms with van der Waals surface area (Å²) in [6, 6.07) is -0.394. The molecule has 8 heteroatoms. The van der Waals surface area contributed by atoms with E-state index in [9.17, 15) is 4.79 Å². The number of amides is 1. The molecule has 1 amide bonds. The highest BCUT2D eigenvalue weighted by atomic mass is 35.5. The Morgan fingerprint density at radius 1 is 1.20 bits per heavy atom. The number of likely N-dealkylation sites (tertiary alicyclic amines) is 1. The molecular formula is C12H13Cl4NO3. The van der Waals surface area contributed by atoms with Gasteiger partial charge in [0.15, 0.2) is 4.87 Å². The first kappa shape index (κ1) is 15.2. The van der Waals surface area contributed by atoms with Gasteiger partial charge >= 0.3 is 0 Å². The Labute approximate surface area is 136 Å². The van der Waals surface area contributed by atoms with E-state index in [1.165, 1.54) is 21.1 Å². The number of carbonyl (C=O) groups excluding carboxylic acids is 1. The van der Waals surface area contributed by atoms with Gasteiger partial charge in [-0.1, -0.05) is 23.2 Å². The van der Waals surface area contributed by atoms with Crippen LogP contribution in [0, 0.1) is 5.92 Å². The van der Waals surface area contributed by atoms with Crippen LogP contribution in [0.1, 0.15) is 6.92 Å². The molecule has 0 aromatic heterocycles. The molecular weight excluding hydrogens is 348 g/mol. The van der Waals surface area contributed by atoms with Gasteiger partial charge < -0.3 is 14.4 Å². The lowest BCUT2D eigenvalue weighted by molar-refractivity contribution is -0.218. The number of hydrogen-bond donors (Lipinski definition) is 0. The fraction of sp³-hybridized carbons (Fsp3) is 0.750. The van der Waals surface area contributed by atoms with Crippen LogP contribution in [0.4, 0.5) is 0 Å². The van der Waals surface area contributed by atoms with Crippen LogP contribution in [0.2, 0.25) is 0 Å². The molecule has 2 fully saturated rings. The molecule has 0 spiro atoms. The molecule has 0 aromatic carbocycles. The normalized spacial score (nSPS) is 44.6. The third-order valence-corrected chi connectivity index (χ3v) is 7.44. The van der Waals surface area contributed by atoms with E-state index >= 15 is 0 Å². The average Bonchev–Trinajstić information content (AvgIpc) is 2.55. The van der Waals surface area contributed by atoms with Crippen LogP contribution in [0.5, 0.6) is 0 Å². The van der Waals surface area contributed by atoms with Gasteiger partial charge in [-0.3, -0.25) is 4.79 Å². The molecule has 1 saturated heterocycles. The van der Waals surface area contributed by atoms with E-state index in [2.05, 4.69) is 0 Å². The molecule has 20 heavy (non-hydrogen) atoms. The van der Waals surface area contributed by atoms with Gasteiger partial charge in [-0.15, -0.1) is 23.2 Å². The molecule has 0 radical (unpaired) electrons. The van der Waals surface area contributed by atoms with Crippen LogP contribution in [-0.4, -0.2) is 53.1 Å². The van der Waals surface area contributed by atoms with Crippen LogP contribution in [0.3, 0.4) is 0 Å². The second kappa shape index (κ2) is 4.18. The fourth-order valence-electron chi connectivity index (χ4n) is 3.95. The summed E-state index contributed by atoms with van der Waals surface area (Å²) >= 11 is 26.2. The lowest BCUT2D eigenvalue weighted by atomic mass is 9.79. The van der Waals surface area contributed by atoms with Crippen molar-refractivity contribution < 1.29 is 14.3 Å². The zero-order valence-electron chi connectivity index (χ0n) is 11.0. The van der Waals surface area contributed by atoms with Crippen molar-refractivity contribution in [3.05, 3.63) is 10.1 Å². The Morgan fingerprint density at radius 3 is 2.15 bits per heavy atom. The molecule has 1 heterocycles. The number of hydrogen-bond acceptors (Lipinski definition) is 3. The molecule has 1 saturated carbocycles. The second-order valence-electron chi connectivity index (χ2n) is 5.30. The van der Waals surface area contributed by atoms with E-state index in [-0.39, 0.29) is 21.9 Å². The lowest BCUT2D eigenvalue weighted by Crippen LogP contribution is -2.66. The van der Waals surface area contributed by atoms with Crippen molar-refractivity contribution >= 4 is 52.3 Å². The monoisotopic (exact) mass is 359 g/mol. The number of rotatable bonds is 2. The number of fused-ring (bicyclic) bond motifs is 5. The molecule has 4 nitrogen and oxygen atoms in total. The molecule has 112 valence electrons. The quantitative estimate of drug-likeness (QED) is 0.561. The number of carbonyl (C=O) groups is 1. The smallest absolute Gasteiger partial charge is 0.219 e. The minimum atomic E-state index is -1.41. The van der Waals surface area contributed by atoms with Crippen LogP contribution in [0.25, 0.3) is 0 Å². The van der Waals surface area contributed by atoms with E-state index in [4.69, 9.17) is 55.9 Å². The second-order valence-corrected chi connectivity index (χ2v) is 7.25. The minimum Gasteiger partial charge on any atom is -0.349 e.